The molecular formula is C22H26IN7O4S. The van der Waals surface area contributed by atoms with Crippen LogP contribution in [0.4, 0.5) is 16.4 Å². The first-order chi connectivity index (χ1) is 16.6. The van der Waals surface area contributed by atoms with Crippen LogP contribution in [0.2, 0.25) is 0 Å². The molecule has 1 aromatic carbocycles. The molecule has 13 heteroatoms. The van der Waals surface area contributed by atoms with E-state index in [2.05, 4.69) is 57.6 Å². The maximum absolute atomic E-state index is 11.8. The van der Waals surface area contributed by atoms with Crippen LogP contribution in [0.3, 0.4) is 0 Å². The van der Waals surface area contributed by atoms with E-state index in [1.54, 1.807) is 24.4 Å². The van der Waals surface area contributed by atoms with Crippen LogP contribution < -0.4 is 15.4 Å². The number of nitrogens with zero attached hydrogens (tertiary/aromatic N) is 3. The summed E-state index contributed by atoms with van der Waals surface area (Å²) < 4.78 is 31.6. The highest BCUT2D eigenvalue weighted by atomic mass is 127. The van der Waals surface area contributed by atoms with Crippen molar-refractivity contribution < 1.29 is 17.9 Å². The van der Waals surface area contributed by atoms with Gasteiger partial charge in [0.2, 0.25) is 16.0 Å². The van der Waals surface area contributed by atoms with Crippen LogP contribution in [0, 0.1) is 3.57 Å². The van der Waals surface area contributed by atoms with Crippen molar-refractivity contribution in [1.82, 2.24) is 25.3 Å². The highest BCUT2D eigenvalue weighted by molar-refractivity contribution is 14.1. The van der Waals surface area contributed by atoms with Gasteiger partial charge in [-0.05, 0) is 66.6 Å². The molecule has 4 N–H and O–H groups in total. The lowest BCUT2D eigenvalue weighted by Gasteiger charge is -2.14. The summed E-state index contributed by atoms with van der Waals surface area (Å²) in [6.45, 7) is 2.24. The third-order valence-electron chi connectivity index (χ3n) is 5.19. The van der Waals surface area contributed by atoms with Crippen molar-refractivity contribution in [3.63, 3.8) is 0 Å². The van der Waals surface area contributed by atoms with Gasteiger partial charge in [0.15, 0.2) is 0 Å². The Morgan fingerprint density at radius 3 is 2.74 bits per heavy atom. The van der Waals surface area contributed by atoms with Crippen molar-refractivity contribution in [1.29, 1.82) is 0 Å². The fourth-order valence-electron chi connectivity index (χ4n) is 3.47. The van der Waals surface area contributed by atoms with Crippen molar-refractivity contribution in [2.45, 2.75) is 31.7 Å². The van der Waals surface area contributed by atoms with E-state index in [0.717, 1.165) is 39.7 Å². The molecule has 0 radical (unpaired) electrons. The van der Waals surface area contributed by atoms with E-state index >= 15 is 0 Å². The molecule has 4 rings (SSSR count). The van der Waals surface area contributed by atoms with Gasteiger partial charge in [-0.15, -0.1) is 0 Å². The predicted octanol–water partition coefficient (Wildman–Crippen LogP) is 3.54. The Balaban J connectivity index is 1.65. The summed E-state index contributed by atoms with van der Waals surface area (Å²) in [5.41, 5.74) is 3.29. The standard InChI is InChI=1S/C22H26IN7O4S/c1-12(26-22(31)34-2)11-25-21-24-7-6-17(27-21)19-18(28-20(29-19)13-4-5-13)14-8-15(23)10-16(9-14)30-35(3,32)33/h6-10,12-13,30H,4-5,11H2,1-3H3,(H,26,31)(H,28,29)(H,24,25,27)/t12-/m0/s1. The summed E-state index contributed by atoms with van der Waals surface area (Å²) in [5.74, 6) is 1.66. The first-order valence-electron chi connectivity index (χ1n) is 10.9. The van der Waals surface area contributed by atoms with Gasteiger partial charge in [-0.3, -0.25) is 4.72 Å². The Kier molecular flexibility index (Phi) is 7.44. The third kappa shape index (κ3) is 6.81. The molecule has 1 amide bonds. The number of halogens is 1. The van der Waals surface area contributed by atoms with E-state index in [0.29, 0.717) is 35.5 Å². The number of alkyl carbamates (subject to hydrolysis) is 1. The van der Waals surface area contributed by atoms with Gasteiger partial charge in [-0.2, -0.15) is 0 Å². The molecule has 1 atom stereocenters. The Labute approximate surface area is 217 Å². The summed E-state index contributed by atoms with van der Waals surface area (Å²) in [7, 11) is -2.11. The van der Waals surface area contributed by atoms with Crippen LogP contribution in [0.25, 0.3) is 22.6 Å². The van der Waals surface area contributed by atoms with Crippen LogP contribution in [0.15, 0.2) is 30.5 Å². The molecule has 1 fully saturated rings. The number of carbonyl (C=O) groups excluding carboxylic acids is 1. The van der Waals surface area contributed by atoms with Crippen molar-refractivity contribution in [3.8, 4) is 22.6 Å². The molecule has 0 spiro atoms. The van der Waals surface area contributed by atoms with Gasteiger partial charge in [-0.1, -0.05) is 0 Å². The number of imidazole rings is 1. The van der Waals surface area contributed by atoms with Gasteiger partial charge in [0.05, 0.1) is 36.1 Å². The molecule has 0 saturated heterocycles. The summed E-state index contributed by atoms with van der Waals surface area (Å²) in [6.07, 6.45) is 4.40. The first-order valence-corrected chi connectivity index (χ1v) is 13.9. The fourth-order valence-corrected chi connectivity index (χ4v) is 4.69. The number of rotatable bonds is 9. The number of carbonyl (C=O) groups is 1. The van der Waals surface area contributed by atoms with Gasteiger partial charge in [0.1, 0.15) is 5.82 Å². The second-order valence-electron chi connectivity index (χ2n) is 8.41. The quantitative estimate of drug-likeness (QED) is 0.269. The zero-order chi connectivity index (χ0) is 25.2. The van der Waals surface area contributed by atoms with Crippen molar-refractivity contribution in [2.75, 3.05) is 29.9 Å². The number of hydrogen-bond donors (Lipinski definition) is 4. The third-order valence-corrected chi connectivity index (χ3v) is 6.42. The molecule has 1 aliphatic rings. The van der Waals surface area contributed by atoms with Gasteiger partial charge in [-0.25, -0.2) is 28.2 Å². The number of aromatic amines is 1. The molecule has 1 aliphatic carbocycles. The molecule has 2 heterocycles. The zero-order valence-electron chi connectivity index (χ0n) is 19.4. The molecule has 0 unspecified atom stereocenters. The van der Waals surface area contributed by atoms with E-state index in [9.17, 15) is 13.2 Å². The lowest BCUT2D eigenvalue weighted by atomic mass is 10.1. The van der Waals surface area contributed by atoms with Gasteiger partial charge < -0.3 is 20.4 Å². The molecule has 0 aliphatic heterocycles. The Hall–Kier alpha value is -2.94. The highest BCUT2D eigenvalue weighted by Crippen LogP contribution is 2.42. The van der Waals surface area contributed by atoms with E-state index < -0.39 is 16.1 Å². The normalized spacial score (nSPS) is 14.3. The molecular weight excluding hydrogens is 585 g/mol. The Bertz CT molecular complexity index is 1340. The second kappa shape index (κ2) is 10.4. The lowest BCUT2D eigenvalue weighted by Crippen LogP contribution is -2.37. The van der Waals surface area contributed by atoms with Gasteiger partial charge >= 0.3 is 6.09 Å². The summed E-state index contributed by atoms with van der Waals surface area (Å²) in [4.78, 5) is 28.6. The summed E-state index contributed by atoms with van der Waals surface area (Å²) in [6, 6.07) is 7.06. The van der Waals surface area contributed by atoms with Gasteiger partial charge in [0, 0.05) is 33.8 Å². The van der Waals surface area contributed by atoms with Crippen LogP contribution >= 0.6 is 22.6 Å². The average molecular weight is 611 g/mol. The first kappa shape index (κ1) is 25.2. The van der Waals surface area contributed by atoms with Crippen molar-refractivity contribution in [2.24, 2.45) is 0 Å². The minimum atomic E-state index is -3.43. The second-order valence-corrected chi connectivity index (χ2v) is 11.4. The number of amides is 1. The summed E-state index contributed by atoms with van der Waals surface area (Å²) >= 11 is 2.15. The molecule has 35 heavy (non-hydrogen) atoms. The average Bonchev–Trinajstić information content (AvgIpc) is 3.54. The predicted molar refractivity (Wildman–Crippen MR) is 142 cm³/mol. The van der Waals surface area contributed by atoms with E-state index in [-0.39, 0.29) is 6.04 Å². The molecule has 3 aromatic rings. The van der Waals surface area contributed by atoms with Crippen LogP contribution in [-0.4, -0.2) is 60.4 Å². The number of sulfonamides is 1. The Morgan fingerprint density at radius 2 is 2.06 bits per heavy atom. The van der Waals surface area contributed by atoms with Crippen molar-refractivity contribution in [3.05, 3.63) is 39.9 Å². The Morgan fingerprint density at radius 1 is 1.29 bits per heavy atom. The van der Waals surface area contributed by atoms with E-state index in [1.165, 1.54) is 7.11 Å². The van der Waals surface area contributed by atoms with Crippen molar-refractivity contribution >= 4 is 50.3 Å². The number of aromatic nitrogens is 4. The number of benzene rings is 1. The molecule has 186 valence electrons. The van der Waals surface area contributed by atoms with E-state index in [1.807, 2.05) is 13.0 Å². The molecule has 2 aromatic heterocycles. The number of hydrogen-bond acceptors (Lipinski definition) is 8. The number of nitrogens with one attached hydrogen (secondary N) is 4. The highest BCUT2D eigenvalue weighted by Gasteiger charge is 2.29. The summed E-state index contributed by atoms with van der Waals surface area (Å²) in [5, 5.41) is 5.81. The number of anilines is 2. The zero-order valence-corrected chi connectivity index (χ0v) is 22.4. The van der Waals surface area contributed by atoms with E-state index in [4.69, 9.17) is 4.98 Å². The monoisotopic (exact) mass is 611 g/mol. The fraction of sp³-hybridized carbons (Fsp3) is 0.364. The smallest absolute Gasteiger partial charge is 0.407 e. The van der Waals surface area contributed by atoms with Gasteiger partial charge in [0.25, 0.3) is 0 Å². The molecule has 11 nitrogen and oxygen atoms in total. The van der Waals surface area contributed by atoms with Crippen LogP contribution in [0.1, 0.15) is 31.5 Å². The maximum atomic E-state index is 11.8. The number of H-pyrrole nitrogens is 1. The SMILES string of the molecule is COC(=O)N[C@@H](C)CNc1nccc(-c2[nH]c(C3CC3)nc2-c2cc(I)cc(NS(C)(=O)=O)c2)n1. The lowest BCUT2D eigenvalue weighted by molar-refractivity contribution is 0.168. The topological polar surface area (TPSA) is 151 Å². The van der Waals surface area contributed by atoms with Crippen LogP contribution in [0.5, 0.6) is 0 Å². The maximum Gasteiger partial charge on any atom is 0.407 e. The van der Waals surface area contributed by atoms with Crippen LogP contribution in [-0.2, 0) is 14.8 Å². The molecule has 1 saturated carbocycles. The largest absolute Gasteiger partial charge is 0.453 e. The number of ether oxygens (including phenoxy) is 1. The molecule has 0 bridgehead atoms. The minimum Gasteiger partial charge on any atom is -0.453 e. The number of methoxy groups -OCH3 is 1. The minimum absolute atomic E-state index is 0.203.